The number of primary amides is 1. The molecule has 9 nitrogen and oxygen atoms in total. The number of nitrogens with two attached hydrogens (primary N) is 1. The van der Waals surface area contributed by atoms with Gasteiger partial charge in [0.25, 0.3) is 5.91 Å². The number of anilines is 2. The van der Waals surface area contributed by atoms with Crippen molar-refractivity contribution in [3.63, 3.8) is 0 Å². The van der Waals surface area contributed by atoms with Gasteiger partial charge >= 0.3 is 5.97 Å². The van der Waals surface area contributed by atoms with E-state index in [1.54, 1.807) is 12.1 Å². The van der Waals surface area contributed by atoms with Gasteiger partial charge in [0.15, 0.2) is 18.1 Å². The summed E-state index contributed by atoms with van der Waals surface area (Å²) in [6.45, 7) is 1.23. The minimum absolute atomic E-state index is 0.0594. The van der Waals surface area contributed by atoms with Crippen molar-refractivity contribution < 1.29 is 28.6 Å². The number of rotatable bonds is 8. The quantitative estimate of drug-likeness (QED) is 0.603. The van der Waals surface area contributed by atoms with Crippen LogP contribution in [-0.4, -0.2) is 51.7 Å². The van der Waals surface area contributed by atoms with Gasteiger partial charge in [0.1, 0.15) is 0 Å². The number of ether oxygens (including phenoxy) is 3. The highest BCUT2D eigenvalue weighted by molar-refractivity contribution is 6.04. The van der Waals surface area contributed by atoms with E-state index in [-0.39, 0.29) is 30.1 Å². The summed E-state index contributed by atoms with van der Waals surface area (Å²) in [6.07, 6.45) is 1.48. The van der Waals surface area contributed by atoms with Crippen molar-refractivity contribution >= 4 is 29.2 Å². The molecule has 3 rings (SSSR count). The summed E-state index contributed by atoms with van der Waals surface area (Å²) in [6, 6.07) is 12.2. The minimum Gasteiger partial charge on any atom is -0.493 e. The highest BCUT2D eigenvalue weighted by Gasteiger charge is 2.23. The fraction of sp³-hybridized carbons (Fsp3) is 0.348. The van der Waals surface area contributed by atoms with E-state index in [9.17, 15) is 14.4 Å². The topological polar surface area (TPSA) is 120 Å². The molecule has 9 heteroatoms. The van der Waals surface area contributed by atoms with Crippen LogP contribution in [0.4, 0.5) is 11.4 Å². The molecule has 2 aromatic rings. The first kappa shape index (κ1) is 22.9. The van der Waals surface area contributed by atoms with E-state index in [4.69, 9.17) is 15.2 Å². The Kier molecular flexibility index (Phi) is 7.54. The second kappa shape index (κ2) is 10.5. The van der Waals surface area contributed by atoms with Crippen LogP contribution in [0, 0.1) is 5.92 Å². The molecule has 0 aliphatic carbocycles. The summed E-state index contributed by atoms with van der Waals surface area (Å²) in [5.74, 6) is -0.502. The molecule has 2 amide bonds. The van der Waals surface area contributed by atoms with Crippen LogP contribution in [0.3, 0.4) is 0 Å². The Bertz CT molecular complexity index is 968. The van der Waals surface area contributed by atoms with Crippen molar-refractivity contribution in [2.45, 2.75) is 12.8 Å². The lowest BCUT2D eigenvalue weighted by Crippen LogP contribution is -2.38. The van der Waals surface area contributed by atoms with E-state index in [1.807, 2.05) is 24.3 Å². The van der Waals surface area contributed by atoms with Crippen molar-refractivity contribution in [1.29, 1.82) is 0 Å². The number of benzene rings is 2. The molecule has 0 spiro atoms. The maximum Gasteiger partial charge on any atom is 0.343 e. The van der Waals surface area contributed by atoms with E-state index in [2.05, 4.69) is 15.0 Å². The predicted molar refractivity (Wildman–Crippen MR) is 119 cm³/mol. The lowest BCUT2D eigenvalue weighted by atomic mass is 9.96. The Labute approximate surface area is 186 Å². The number of amides is 2. The Hall–Kier alpha value is -3.75. The van der Waals surface area contributed by atoms with Crippen molar-refractivity contribution in [3.05, 3.63) is 48.0 Å². The molecular weight excluding hydrogens is 414 g/mol. The van der Waals surface area contributed by atoms with Gasteiger partial charge in [-0.2, -0.15) is 0 Å². The van der Waals surface area contributed by atoms with Gasteiger partial charge in [-0.05, 0) is 55.3 Å². The number of carbonyl (C=O) groups is 3. The van der Waals surface area contributed by atoms with Gasteiger partial charge in [-0.3, -0.25) is 9.59 Å². The summed E-state index contributed by atoms with van der Waals surface area (Å²) in [7, 11) is 2.74. The number of methoxy groups -OCH3 is 2. The molecule has 0 aromatic heterocycles. The third-order valence-corrected chi connectivity index (χ3v) is 5.39. The summed E-state index contributed by atoms with van der Waals surface area (Å²) in [5, 5.41) is 2.84. The summed E-state index contributed by atoms with van der Waals surface area (Å²) in [4.78, 5) is 37.6. The molecule has 0 bridgehead atoms. The first-order valence-corrected chi connectivity index (χ1v) is 10.2. The third-order valence-electron chi connectivity index (χ3n) is 5.39. The van der Waals surface area contributed by atoms with Gasteiger partial charge in [0.2, 0.25) is 5.91 Å². The Morgan fingerprint density at radius 1 is 1.03 bits per heavy atom. The zero-order valence-electron chi connectivity index (χ0n) is 18.1. The lowest BCUT2D eigenvalue weighted by molar-refractivity contribution is -0.142. The fourth-order valence-electron chi connectivity index (χ4n) is 3.51. The van der Waals surface area contributed by atoms with Gasteiger partial charge < -0.3 is 30.2 Å². The van der Waals surface area contributed by atoms with Crippen LogP contribution in [0.2, 0.25) is 0 Å². The van der Waals surface area contributed by atoms with Gasteiger partial charge in [0.05, 0.1) is 14.2 Å². The van der Waals surface area contributed by atoms with Gasteiger partial charge in [0, 0.05) is 35.9 Å². The van der Waals surface area contributed by atoms with Crippen molar-refractivity contribution in [1.82, 2.24) is 0 Å². The second-order valence-electron chi connectivity index (χ2n) is 7.40. The van der Waals surface area contributed by atoms with Crippen LogP contribution >= 0.6 is 0 Å². The number of hydrogen-bond acceptors (Lipinski definition) is 7. The van der Waals surface area contributed by atoms with Crippen LogP contribution < -0.4 is 25.4 Å². The number of piperidine rings is 1. The molecule has 1 aliphatic rings. The first-order valence-electron chi connectivity index (χ1n) is 10.2. The Morgan fingerprint density at radius 2 is 1.72 bits per heavy atom. The predicted octanol–water partition coefficient (Wildman–Crippen LogP) is 2.20. The second-order valence-corrected chi connectivity index (χ2v) is 7.40. The van der Waals surface area contributed by atoms with Gasteiger partial charge in [-0.1, -0.05) is 0 Å². The number of nitrogens with one attached hydrogen (secondary N) is 1. The molecule has 0 atom stereocenters. The molecule has 0 radical (unpaired) electrons. The number of hydrogen-bond donors (Lipinski definition) is 2. The monoisotopic (exact) mass is 441 g/mol. The zero-order valence-corrected chi connectivity index (χ0v) is 18.1. The lowest BCUT2D eigenvalue weighted by Gasteiger charge is -2.32. The van der Waals surface area contributed by atoms with Gasteiger partial charge in [-0.25, -0.2) is 4.79 Å². The van der Waals surface area contributed by atoms with Crippen LogP contribution in [0.15, 0.2) is 42.5 Å². The molecule has 1 heterocycles. The molecule has 32 heavy (non-hydrogen) atoms. The first-order chi connectivity index (χ1) is 15.4. The summed E-state index contributed by atoms with van der Waals surface area (Å²) in [5.41, 5.74) is 7.40. The fourth-order valence-corrected chi connectivity index (χ4v) is 3.51. The van der Waals surface area contributed by atoms with E-state index in [1.165, 1.54) is 20.3 Å². The number of esters is 1. The molecule has 2 aromatic carbocycles. The Morgan fingerprint density at radius 3 is 2.31 bits per heavy atom. The molecular formula is C23H27N3O6. The normalized spacial score (nSPS) is 13.9. The average molecular weight is 441 g/mol. The molecule has 170 valence electrons. The Balaban J connectivity index is 1.63. The maximum absolute atomic E-state index is 12.7. The molecule has 1 fully saturated rings. The average Bonchev–Trinajstić information content (AvgIpc) is 2.82. The van der Waals surface area contributed by atoms with Crippen LogP contribution in [-0.2, 0) is 14.3 Å². The third kappa shape index (κ3) is 5.69. The van der Waals surface area contributed by atoms with Crippen molar-refractivity contribution in [2.75, 3.05) is 44.1 Å². The van der Waals surface area contributed by atoms with Crippen LogP contribution in [0.1, 0.15) is 23.2 Å². The van der Waals surface area contributed by atoms with E-state index < -0.39 is 5.97 Å². The number of carbonyl (C=O) groups excluding carboxylic acids is 3. The highest BCUT2D eigenvalue weighted by Crippen LogP contribution is 2.29. The standard InChI is InChI=1S/C23H27N3O6/c1-30-19-8-3-16(13-20(19)32-14-21(27)31-2)23(29)25-17-4-6-18(7-5-17)26-11-9-15(10-12-26)22(24)28/h3-8,13,15H,9-12,14H2,1-2H3,(H2,24,28)(H,25,29). The maximum atomic E-state index is 12.7. The van der Waals surface area contributed by atoms with E-state index in [0.29, 0.717) is 17.0 Å². The molecule has 0 saturated carbocycles. The molecule has 1 saturated heterocycles. The minimum atomic E-state index is -0.541. The van der Waals surface area contributed by atoms with Crippen molar-refractivity contribution in [3.8, 4) is 11.5 Å². The van der Waals surface area contributed by atoms with Crippen molar-refractivity contribution in [2.24, 2.45) is 11.7 Å². The summed E-state index contributed by atoms with van der Waals surface area (Å²) >= 11 is 0. The SMILES string of the molecule is COC(=O)COc1cc(C(=O)Nc2ccc(N3CCC(C(N)=O)CC3)cc2)ccc1OC. The molecule has 0 unspecified atom stereocenters. The molecule has 3 N–H and O–H groups in total. The van der Waals surface area contributed by atoms with E-state index in [0.717, 1.165) is 31.6 Å². The smallest absolute Gasteiger partial charge is 0.343 e. The molecule has 1 aliphatic heterocycles. The van der Waals surface area contributed by atoms with Crippen LogP contribution in [0.5, 0.6) is 11.5 Å². The summed E-state index contributed by atoms with van der Waals surface area (Å²) < 4.78 is 15.2. The van der Waals surface area contributed by atoms with Gasteiger partial charge in [-0.15, -0.1) is 0 Å². The number of nitrogens with zero attached hydrogens (tertiary/aromatic N) is 1. The zero-order chi connectivity index (χ0) is 23.1. The largest absolute Gasteiger partial charge is 0.493 e. The van der Waals surface area contributed by atoms with E-state index >= 15 is 0 Å². The highest BCUT2D eigenvalue weighted by atomic mass is 16.6. The van der Waals surface area contributed by atoms with Crippen LogP contribution in [0.25, 0.3) is 0 Å².